The van der Waals surface area contributed by atoms with E-state index in [0.717, 1.165) is 0 Å². The van der Waals surface area contributed by atoms with E-state index in [1.54, 1.807) is 37.4 Å². The zero-order chi connectivity index (χ0) is 22.9. The van der Waals surface area contributed by atoms with E-state index in [9.17, 15) is 19.1 Å². The molecular formula is C23H28FN3O5. The van der Waals surface area contributed by atoms with Gasteiger partial charge in [-0.3, -0.25) is 4.79 Å². The molecule has 1 aliphatic rings. The van der Waals surface area contributed by atoms with Gasteiger partial charge in [0.15, 0.2) is 0 Å². The van der Waals surface area contributed by atoms with E-state index in [1.807, 2.05) is 0 Å². The average Bonchev–Trinajstić information content (AvgIpc) is 2.80. The van der Waals surface area contributed by atoms with Gasteiger partial charge >= 0.3 is 6.03 Å². The van der Waals surface area contributed by atoms with Gasteiger partial charge in [-0.1, -0.05) is 12.1 Å². The molecule has 0 unspecified atom stereocenters. The highest BCUT2D eigenvalue weighted by Crippen LogP contribution is 2.22. The van der Waals surface area contributed by atoms with E-state index in [2.05, 4.69) is 16.0 Å². The summed E-state index contributed by atoms with van der Waals surface area (Å²) in [6.45, 7) is 0.0671. The number of benzene rings is 2. The molecule has 1 heterocycles. The first-order chi connectivity index (χ1) is 15.5. The van der Waals surface area contributed by atoms with Gasteiger partial charge in [0.05, 0.1) is 31.4 Å². The molecule has 1 fully saturated rings. The number of carbonyl (C=O) groups is 2. The van der Waals surface area contributed by atoms with Crippen LogP contribution in [0.25, 0.3) is 0 Å². The minimum absolute atomic E-state index is 0.00238. The first-order valence-corrected chi connectivity index (χ1v) is 10.5. The summed E-state index contributed by atoms with van der Waals surface area (Å²) in [5.41, 5.74) is 0.612. The summed E-state index contributed by atoms with van der Waals surface area (Å²) in [7, 11) is 1.57. The molecule has 0 aliphatic carbocycles. The van der Waals surface area contributed by atoms with E-state index in [0.29, 0.717) is 37.2 Å². The topological polar surface area (TPSA) is 109 Å². The van der Waals surface area contributed by atoms with E-state index in [4.69, 9.17) is 9.47 Å². The Hall–Kier alpha value is -3.17. The second-order valence-electron chi connectivity index (χ2n) is 7.51. The van der Waals surface area contributed by atoms with Crippen LogP contribution in [0.5, 0.6) is 5.75 Å². The van der Waals surface area contributed by atoms with Crippen molar-refractivity contribution in [3.05, 3.63) is 59.9 Å². The lowest BCUT2D eigenvalue weighted by molar-refractivity contribution is -0.0886. The standard InChI is InChI=1S/C23H28FN3O5/c1-31-16-8-6-15(7-9-16)26-23(30)27-20-11-10-17(32-21(20)14-28)12-13-25-22(29)18-4-2-3-5-19(18)24/h2-9,17,20-21,28H,10-14H2,1H3,(H,25,29)(H2,26,27,30)/t17-,20+,21-/m0/s1. The predicted octanol–water partition coefficient (Wildman–Crippen LogP) is 2.68. The van der Waals surface area contributed by atoms with Gasteiger partial charge in [-0.15, -0.1) is 0 Å². The number of urea groups is 1. The summed E-state index contributed by atoms with van der Waals surface area (Å²) in [6.07, 6.45) is 1.04. The van der Waals surface area contributed by atoms with Gasteiger partial charge in [0.2, 0.25) is 0 Å². The van der Waals surface area contributed by atoms with Crippen LogP contribution in [0, 0.1) is 5.82 Å². The van der Waals surface area contributed by atoms with Crippen LogP contribution in [-0.4, -0.2) is 55.6 Å². The molecule has 4 N–H and O–H groups in total. The molecule has 3 amide bonds. The van der Waals surface area contributed by atoms with Crippen LogP contribution in [0.3, 0.4) is 0 Å². The molecular weight excluding hydrogens is 417 g/mol. The van der Waals surface area contributed by atoms with E-state index >= 15 is 0 Å². The minimum Gasteiger partial charge on any atom is -0.497 e. The maximum absolute atomic E-state index is 13.7. The highest BCUT2D eigenvalue weighted by molar-refractivity contribution is 5.94. The second-order valence-corrected chi connectivity index (χ2v) is 7.51. The highest BCUT2D eigenvalue weighted by Gasteiger charge is 2.31. The van der Waals surface area contributed by atoms with Crippen LogP contribution in [0.15, 0.2) is 48.5 Å². The van der Waals surface area contributed by atoms with Crippen molar-refractivity contribution in [3.63, 3.8) is 0 Å². The van der Waals surface area contributed by atoms with Crippen molar-refractivity contribution in [1.82, 2.24) is 10.6 Å². The molecule has 2 aromatic carbocycles. The SMILES string of the molecule is COc1ccc(NC(=O)N[C@@H]2CC[C@@H](CCNC(=O)c3ccccc3F)O[C@H]2CO)cc1. The molecule has 0 saturated carbocycles. The Morgan fingerprint density at radius 2 is 1.91 bits per heavy atom. The first kappa shape index (κ1) is 23.5. The lowest BCUT2D eigenvalue weighted by Gasteiger charge is -2.36. The van der Waals surface area contributed by atoms with Crippen LogP contribution in [0.1, 0.15) is 29.6 Å². The maximum atomic E-state index is 13.7. The summed E-state index contributed by atoms with van der Waals surface area (Å²) in [6, 6.07) is 12.0. The fourth-order valence-electron chi connectivity index (χ4n) is 3.61. The van der Waals surface area contributed by atoms with Gasteiger partial charge in [-0.25, -0.2) is 9.18 Å². The van der Waals surface area contributed by atoms with Gasteiger partial charge in [0.25, 0.3) is 5.91 Å². The van der Waals surface area contributed by atoms with Gasteiger partial charge in [-0.2, -0.15) is 0 Å². The fraction of sp³-hybridized carbons (Fsp3) is 0.391. The van der Waals surface area contributed by atoms with E-state index in [1.165, 1.54) is 18.2 Å². The Morgan fingerprint density at radius 3 is 2.59 bits per heavy atom. The maximum Gasteiger partial charge on any atom is 0.319 e. The van der Waals surface area contributed by atoms with Crippen LogP contribution in [0.2, 0.25) is 0 Å². The lowest BCUT2D eigenvalue weighted by atomic mass is 9.97. The number of carbonyl (C=O) groups excluding carboxylic acids is 2. The molecule has 32 heavy (non-hydrogen) atoms. The van der Waals surface area contributed by atoms with Crippen molar-refractivity contribution >= 4 is 17.6 Å². The zero-order valence-electron chi connectivity index (χ0n) is 17.8. The van der Waals surface area contributed by atoms with Crippen molar-refractivity contribution in [2.24, 2.45) is 0 Å². The third-order valence-electron chi connectivity index (χ3n) is 5.33. The van der Waals surface area contributed by atoms with Crippen LogP contribution < -0.4 is 20.7 Å². The Balaban J connectivity index is 1.43. The number of aliphatic hydroxyl groups excluding tert-OH is 1. The summed E-state index contributed by atoms with van der Waals surface area (Å²) in [5, 5.41) is 18.0. The molecule has 1 aliphatic heterocycles. The molecule has 172 valence electrons. The minimum atomic E-state index is -0.568. The van der Waals surface area contributed by atoms with Gasteiger partial charge in [0, 0.05) is 12.2 Å². The molecule has 8 nitrogen and oxygen atoms in total. The molecule has 1 saturated heterocycles. The molecule has 2 aromatic rings. The van der Waals surface area contributed by atoms with Crippen molar-refractivity contribution in [3.8, 4) is 5.75 Å². The van der Waals surface area contributed by atoms with Crippen molar-refractivity contribution in [1.29, 1.82) is 0 Å². The molecule has 9 heteroatoms. The Morgan fingerprint density at radius 1 is 1.16 bits per heavy atom. The van der Waals surface area contributed by atoms with E-state index in [-0.39, 0.29) is 24.3 Å². The number of rotatable bonds is 8. The second kappa shape index (κ2) is 11.4. The summed E-state index contributed by atoms with van der Waals surface area (Å²) < 4.78 is 24.7. The number of anilines is 1. The summed E-state index contributed by atoms with van der Waals surface area (Å²) in [5.74, 6) is -0.360. The van der Waals surface area contributed by atoms with Crippen LogP contribution in [-0.2, 0) is 4.74 Å². The number of amides is 3. The molecule has 0 aromatic heterocycles. The largest absolute Gasteiger partial charge is 0.497 e. The van der Waals surface area contributed by atoms with Gasteiger partial charge in [0.1, 0.15) is 17.7 Å². The molecule has 0 bridgehead atoms. The Bertz CT molecular complexity index is 909. The number of hydrogen-bond acceptors (Lipinski definition) is 5. The van der Waals surface area contributed by atoms with Crippen LogP contribution in [0.4, 0.5) is 14.9 Å². The van der Waals surface area contributed by atoms with Gasteiger partial charge in [-0.05, 0) is 55.7 Å². The average molecular weight is 445 g/mol. The smallest absolute Gasteiger partial charge is 0.319 e. The lowest BCUT2D eigenvalue weighted by Crippen LogP contribution is -2.52. The molecule has 3 atom stereocenters. The number of halogens is 1. The number of aliphatic hydroxyl groups is 1. The van der Waals surface area contributed by atoms with Crippen molar-refractivity contribution < 1.29 is 28.6 Å². The van der Waals surface area contributed by atoms with Crippen molar-refractivity contribution in [2.75, 3.05) is 25.6 Å². The summed E-state index contributed by atoms with van der Waals surface area (Å²) in [4.78, 5) is 24.4. The van der Waals surface area contributed by atoms with Gasteiger partial charge < -0.3 is 30.5 Å². The molecule has 3 rings (SSSR count). The summed E-state index contributed by atoms with van der Waals surface area (Å²) >= 11 is 0. The predicted molar refractivity (Wildman–Crippen MR) is 117 cm³/mol. The molecule has 0 spiro atoms. The van der Waals surface area contributed by atoms with E-state index < -0.39 is 23.9 Å². The zero-order valence-corrected chi connectivity index (χ0v) is 17.8. The quantitative estimate of drug-likeness (QED) is 0.500. The first-order valence-electron chi connectivity index (χ1n) is 10.5. The number of methoxy groups -OCH3 is 1. The third-order valence-corrected chi connectivity index (χ3v) is 5.33. The Labute approximate surface area is 186 Å². The fourth-order valence-corrected chi connectivity index (χ4v) is 3.61. The van der Waals surface area contributed by atoms with Crippen LogP contribution >= 0.6 is 0 Å². The highest BCUT2D eigenvalue weighted by atomic mass is 19.1. The molecule has 0 radical (unpaired) electrons. The Kier molecular flexibility index (Phi) is 8.41. The number of ether oxygens (including phenoxy) is 2. The normalized spacial score (nSPS) is 20.3. The third kappa shape index (κ3) is 6.41. The monoisotopic (exact) mass is 445 g/mol. The number of hydrogen-bond donors (Lipinski definition) is 4. The number of nitrogens with one attached hydrogen (secondary N) is 3. The van der Waals surface area contributed by atoms with Crippen molar-refractivity contribution in [2.45, 2.75) is 37.5 Å².